The van der Waals surface area contributed by atoms with Gasteiger partial charge in [0.15, 0.2) is 40.1 Å². The average Bonchev–Trinajstić information content (AvgIpc) is 3.47. The molecule has 4 aromatic rings. The second-order valence-corrected chi connectivity index (χ2v) is 9.83. The van der Waals surface area contributed by atoms with Crippen LogP contribution in [0.4, 0.5) is 0 Å². The number of aliphatic carboxylic acids is 1. The quantitative estimate of drug-likeness (QED) is 0.188. The second kappa shape index (κ2) is 8.43. The van der Waals surface area contributed by atoms with Gasteiger partial charge in [-0.3, -0.25) is 9.35 Å². The van der Waals surface area contributed by atoms with Gasteiger partial charge >= 0.3 is 5.97 Å². The molecule has 1 atom stereocenters. The number of benzene rings is 2. The van der Waals surface area contributed by atoms with Crippen LogP contribution in [0.25, 0.3) is 27.1 Å². The zero-order valence-electron chi connectivity index (χ0n) is 18.8. The van der Waals surface area contributed by atoms with Crippen molar-refractivity contribution in [2.45, 2.75) is 25.5 Å². The van der Waals surface area contributed by atoms with Gasteiger partial charge in [0.1, 0.15) is 0 Å². The van der Waals surface area contributed by atoms with Crippen molar-refractivity contribution in [3.05, 3.63) is 48.3 Å². The van der Waals surface area contributed by atoms with E-state index in [1.54, 1.807) is 0 Å². The molecule has 6 rings (SSSR count). The molecule has 10 nitrogen and oxygen atoms in total. The first-order valence-corrected chi connectivity index (χ1v) is 12.3. The first-order valence-electron chi connectivity index (χ1n) is 10.8. The van der Waals surface area contributed by atoms with Crippen molar-refractivity contribution in [3.63, 3.8) is 0 Å². The molecule has 182 valence electrons. The van der Waals surface area contributed by atoms with E-state index in [-0.39, 0.29) is 13.6 Å². The fourth-order valence-electron chi connectivity index (χ4n) is 4.16. The van der Waals surface area contributed by atoms with Crippen molar-refractivity contribution in [3.8, 4) is 23.0 Å². The molecular weight excluding hydrogens is 478 g/mol. The number of hydrogen-bond acceptors (Lipinski definition) is 7. The number of aryl methyl sites for hydroxylation is 1. The molecule has 0 bridgehead atoms. The maximum absolute atomic E-state index is 9.95. The van der Waals surface area contributed by atoms with E-state index in [2.05, 4.69) is 47.9 Å². The summed E-state index contributed by atoms with van der Waals surface area (Å²) in [6, 6.07) is 12.6. The maximum atomic E-state index is 9.95. The molecule has 2 aliphatic heterocycles. The number of carboxylic acids is 1. The van der Waals surface area contributed by atoms with Gasteiger partial charge < -0.3 is 24.1 Å². The third-order valence-corrected chi connectivity index (χ3v) is 7.15. The fourth-order valence-corrected chi connectivity index (χ4v) is 4.41. The van der Waals surface area contributed by atoms with Gasteiger partial charge in [-0.1, -0.05) is 6.92 Å². The predicted octanol–water partition coefficient (Wildman–Crippen LogP) is 3.10. The highest BCUT2D eigenvalue weighted by atomic mass is 32.2. The second-order valence-electron chi connectivity index (χ2n) is 8.10. The monoisotopic (exact) mass is 500 g/mol. The molecule has 0 amide bonds. The summed E-state index contributed by atoms with van der Waals surface area (Å²) in [5.74, 6) is 1.67. The lowest BCUT2D eigenvalue weighted by molar-refractivity contribution is -0.518. The Morgan fingerprint density at radius 2 is 1.49 bits per heavy atom. The first-order chi connectivity index (χ1) is 16.7. The van der Waals surface area contributed by atoms with Gasteiger partial charge in [0.05, 0.1) is 10.8 Å². The van der Waals surface area contributed by atoms with Crippen LogP contribution in [-0.4, -0.2) is 42.9 Å². The molecule has 0 saturated carbocycles. The number of pyridine rings is 2. The first kappa shape index (κ1) is 22.9. The number of fused-ring (bicyclic) bond motifs is 6. The van der Waals surface area contributed by atoms with E-state index >= 15 is 0 Å². The molecule has 0 radical (unpaired) electrons. The summed E-state index contributed by atoms with van der Waals surface area (Å²) in [5.41, 5.74) is 2.39. The summed E-state index contributed by atoms with van der Waals surface area (Å²) < 4.78 is 52.5. The highest BCUT2D eigenvalue weighted by Crippen LogP contribution is 2.39. The SMILES string of the molecule is CC(C(=O)O)S(=O)(=O)O.CCc1c2cc3c(cc2cc2c4cc5c(cc4cc[n+]12)OCO5)OCO3. The van der Waals surface area contributed by atoms with Gasteiger partial charge in [-0.15, -0.1) is 0 Å². The van der Waals surface area contributed by atoms with Crippen molar-refractivity contribution >= 4 is 43.1 Å². The Hall–Kier alpha value is -3.83. The number of nitrogens with zero attached hydrogens (tertiary/aromatic N) is 1. The Morgan fingerprint density at radius 3 is 2.00 bits per heavy atom. The van der Waals surface area contributed by atoms with Crippen LogP contribution in [-0.2, 0) is 21.3 Å². The molecule has 0 saturated heterocycles. The summed E-state index contributed by atoms with van der Waals surface area (Å²) in [6.45, 7) is 3.63. The Bertz CT molecular complexity index is 1610. The van der Waals surface area contributed by atoms with Crippen LogP contribution < -0.4 is 23.3 Å². The van der Waals surface area contributed by atoms with E-state index in [1.807, 2.05) is 6.07 Å². The molecule has 2 aromatic heterocycles. The zero-order chi connectivity index (χ0) is 24.9. The summed E-state index contributed by atoms with van der Waals surface area (Å²) in [7, 11) is -4.40. The fraction of sp³-hybridized carbons (Fsp3) is 0.250. The lowest BCUT2D eigenvalue weighted by Gasteiger charge is -2.07. The van der Waals surface area contributed by atoms with Crippen LogP contribution in [0.2, 0.25) is 0 Å². The van der Waals surface area contributed by atoms with Gasteiger partial charge in [0.25, 0.3) is 10.1 Å². The van der Waals surface area contributed by atoms with Gasteiger partial charge in [-0.25, -0.2) is 0 Å². The molecule has 4 heterocycles. The van der Waals surface area contributed by atoms with Gasteiger partial charge in [0, 0.05) is 18.6 Å². The number of hydrogen-bond donors (Lipinski definition) is 2. The molecule has 2 N–H and O–H groups in total. The summed E-state index contributed by atoms with van der Waals surface area (Å²) in [6.07, 6.45) is 3.04. The predicted molar refractivity (Wildman–Crippen MR) is 125 cm³/mol. The van der Waals surface area contributed by atoms with Crippen LogP contribution in [0.5, 0.6) is 23.0 Å². The number of carbonyl (C=O) groups is 1. The minimum absolute atomic E-state index is 0.281. The molecule has 35 heavy (non-hydrogen) atoms. The minimum Gasteiger partial charge on any atom is -0.480 e. The number of aromatic nitrogens is 1. The molecule has 0 fully saturated rings. The summed E-state index contributed by atoms with van der Waals surface area (Å²) >= 11 is 0. The van der Waals surface area contributed by atoms with Crippen molar-refractivity contribution in [1.29, 1.82) is 0 Å². The normalized spacial score (nSPS) is 14.7. The van der Waals surface area contributed by atoms with E-state index in [4.69, 9.17) is 28.6 Å². The highest BCUT2D eigenvalue weighted by Gasteiger charge is 2.25. The van der Waals surface area contributed by atoms with Gasteiger partial charge in [0.2, 0.25) is 19.1 Å². The molecule has 1 unspecified atom stereocenters. The smallest absolute Gasteiger partial charge is 0.324 e. The lowest BCUT2D eigenvalue weighted by atomic mass is 10.0. The number of rotatable bonds is 3. The topological polar surface area (TPSA) is 133 Å². The molecule has 0 spiro atoms. The summed E-state index contributed by atoms with van der Waals surface area (Å²) in [4.78, 5) is 9.81. The molecular formula is C24H22NO9S+. The van der Waals surface area contributed by atoms with E-state index in [9.17, 15) is 13.2 Å². The van der Waals surface area contributed by atoms with E-state index in [1.165, 1.54) is 11.1 Å². The third kappa shape index (κ3) is 4.02. The number of carboxylic acid groups (broad SMARTS) is 1. The van der Waals surface area contributed by atoms with Crippen LogP contribution in [0.1, 0.15) is 19.5 Å². The van der Waals surface area contributed by atoms with Crippen LogP contribution >= 0.6 is 0 Å². The third-order valence-electron chi connectivity index (χ3n) is 6.05. The maximum Gasteiger partial charge on any atom is 0.324 e. The summed E-state index contributed by atoms with van der Waals surface area (Å²) in [5, 5.41) is 10.9. The van der Waals surface area contributed by atoms with E-state index < -0.39 is 21.3 Å². The molecule has 11 heteroatoms. The van der Waals surface area contributed by atoms with Gasteiger partial charge in [-0.2, -0.15) is 12.8 Å². The largest absolute Gasteiger partial charge is 0.480 e. The number of ether oxygens (including phenoxy) is 4. The van der Waals surface area contributed by atoms with E-state index in [0.717, 1.165) is 58.0 Å². The standard InChI is InChI=1S/C21H16NO4.C3H6O5S/c1-2-16-15-9-21-19(24-11-26-21)7-13(15)5-17-14-8-20-18(23-10-25-20)6-12(14)3-4-22(16)17;1-2(3(4)5)9(6,7)8/h3-9H,2,10-11H2,1H3;2H,1H3,(H,4,5)(H,6,7,8)/q+1;. The lowest BCUT2D eigenvalue weighted by Crippen LogP contribution is -2.27. The zero-order valence-corrected chi connectivity index (χ0v) is 19.7. The molecule has 2 aromatic carbocycles. The highest BCUT2D eigenvalue weighted by molar-refractivity contribution is 7.87. The van der Waals surface area contributed by atoms with E-state index in [0.29, 0.717) is 0 Å². The van der Waals surface area contributed by atoms with Crippen LogP contribution in [0.3, 0.4) is 0 Å². The van der Waals surface area contributed by atoms with Crippen molar-refractivity contribution in [2.75, 3.05) is 13.6 Å². The van der Waals surface area contributed by atoms with Crippen molar-refractivity contribution in [1.82, 2.24) is 0 Å². The molecule has 2 aliphatic rings. The van der Waals surface area contributed by atoms with Crippen LogP contribution in [0.15, 0.2) is 42.6 Å². The minimum atomic E-state index is -4.40. The Kier molecular flexibility index (Phi) is 5.53. The average molecular weight is 501 g/mol. The molecule has 0 aliphatic carbocycles. The Balaban J connectivity index is 0.000000244. The van der Waals surface area contributed by atoms with Crippen molar-refractivity contribution in [2.24, 2.45) is 0 Å². The van der Waals surface area contributed by atoms with Gasteiger partial charge in [-0.05, 0) is 42.0 Å². The Morgan fingerprint density at radius 1 is 0.943 bits per heavy atom. The van der Waals surface area contributed by atoms with Crippen LogP contribution in [0, 0.1) is 0 Å². The van der Waals surface area contributed by atoms with Crippen molar-refractivity contribution < 1.29 is 46.2 Å². The Labute approximate surface area is 200 Å².